The fraction of sp³-hybridized carbons (Fsp3) is 0.188. The van der Waals surface area contributed by atoms with E-state index >= 15 is 0 Å². The van der Waals surface area contributed by atoms with Crippen molar-refractivity contribution in [1.29, 1.82) is 0 Å². The fourth-order valence-corrected chi connectivity index (χ4v) is 3.09. The molecule has 1 aromatic carbocycles. The summed E-state index contributed by atoms with van der Waals surface area (Å²) in [5.74, 6) is 0.674. The van der Waals surface area contributed by atoms with Gasteiger partial charge in [0.15, 0.2) is 10.8 Å². The highest BCUT2D eigenvalue weighted by atomic mass is 35.5. The molecule has 0 bridgehead atoms. The Morgan fingerprint density at radius 3 is 2.64 bits per heavy atom. The molecule has 2 heterocycles. The van der Waals surface area contributed by atoms with Crippen LogP contribution in [0.5, 0.6) is 0 Å². The number of aromatic nitrogens is 3. The minimum absolute atomic E-state index is 0.674. The van der Waals surface area contributed by atoms with Crippen molar-refractivity contribution in [2.45, 2.75) is 13.1 Å². The average Bonchev–Trinajstić information content (AvgIpc) is 2.99. The molecule has 0 aliphatic carbocycles. The van der Waals surface area contributed by atoms with Crippen molar-refractivity contribution in [3.8, 4) is 10.8 Å². The van der Waals surface area contributed by atoms with Gasteiger partial charge in [-0.15, -0.1) is 11.3 Å². The largest absolute Gasteiger partial charge is 0.296 e. The standard InChI is InChI=1S/C16H15ClN4S/c1-21(9-12-5-2-3-6-14(12)17)10-13-11-22-16(20-13)15-18-7-4-8-19-15/h2-8,11H,9-10H2,1H3. The third-order valence-electron chi connectivity index (χ3n) is 3.14. The van der Waals surface area contributed by atoms with E-state index in [1.54, 1.807) is 29.8 Å². The highest BCUT2D eigenvalue weighted by Crippen LogP contribution is 2.21. The molecule has 112 valence electrons. The molecule has 0 spiro atoms. The van der Waals surface area contributed by atoms with Gasteiger partial charge in [-0.25, -0.2) is 15.0 Å². The molecule has 3 rings (SSSR count). The van der Waals surface area contributed by atoms with E-state index in [2.05, 4.69) is 32.3 Å². The molecule has 0 saturated heterocycles. The monoisotopic (exact) mass is 330 g/mol. The van der Waals surface area contributed by atoms with Crippen molar-refractivity contribution in [3.05, 3.63) is 64.4 Å². The quantitative estimate of drug-likeness (QED) is 0.712. The van der Waals surface area contributed by atoms with Gasteiger partial charge >= 0.3 is 0 Å². The molecule has 0 aliphatic rings. The first kappa shape index (κ1) is 15.1. The lowest BCUT2D eigenvalue weighted by Gasteiger charge is -2.16. The van der Waals surface area contributed by atoms with E-state index < -0.39 is 0 Å². The normalized spacial score (nSPS) is 11.0. The first-order chi connectivity index (χ1) is 10.7. The van der Waals surface area contributed by atoms with E-state index in [4.69, 9.17) is 11.6 Å². The van der Waals surface area contributed by atoms with E-state index in [9.17, 15) is 0 Å². The maximum absolute atomic E-state index is 6.20. The van der Waals surface area contributed by atoms with E-state index in [1.807, 2.05) is 24.3 Å². The second-order valence-corrected chi connectivity index (χ2v) is 6.25. The second-order valence-electron chi connectivity index (χ2n) is 4.98. The van der Waals surface area contributed by atoms with Gasteiger partial charge in [-0.3, -0.25) is 4.90 Å². The Labute approximate surface area is 138 Å². The number of rotatable bonds is 5. The summed E-state index contributed by atoms with van der Waals surface area (Å²) in [7, 11) is 2.06. The van der Waals surface area contributed by atoms with Crippen LogP contribution in [0.3, 0.4) is 0 Å². The molecular weight excluding hydrogens is 316 g/mol. The Balaban J connectivity index is 1.66. The van der Waals surface area contributed by atoms with Crippen LogP contribution < -0.4 is 0 Å². The van der Waals surface area contributed by atoms with E-state index in [1.165, 1.54) is 0 Å². The van der Waals surface area contributed by atoms with Gasteiger partial charge in [-0.2, -0.15) is 0 Å². The van der Waals surface area contributed by atoms with Gasteiger partial charge in [0.1, 0.15) is 0 Å². The van der Waals surface area contributed by atoms with Crippen molar-refractivity contribution in [2.75, 3.05) is 7.05 Å². The van der Waals surface area contributed by atoms with Crippen molar-refractivity contribution in [1.82, 2.24) is 19.9 Å². The van der Waals surface area contributed by atoms with Gasteiger partial charge in [-0.05, 0) is 24.7 Å². The second kappa shape index (κ2) is 6.96. The molecule has 6 heteroatoms. The van der Waals surface area contributed by atoms with Crippen molar-refractivity contribution in [3.63, 3.8) is 0 Å². The van der Waals surface area contributed by atoms with E-state index in [0.717, 1.165) is 34.4 Å². The Kier molecular flexibility index (Phi) is 4.77. The first-order valence-electron chi connectivity index (χ1n) is 6.86. The lowest BCUT2D eigenvalue weighted by molar-refractivity contribution is 0.316. The summed E-state index contributed by atoms with van der Waals surface area (Å²) in [4.78, 5) is 15.2. The third-order valence-corrected chi connectivity index (χ3v) is 4.39. The highest BCUT2D eigenvalue weighted by Gasteiger charge is 2.10. The molecular formula is C16H15ClN4S. The van der Waals surface area contributed by atoms with Gasteiger partial charge in [0.05, 0.1) is 5.69 Å². The summed E-state index contributed by atoms with van der Waals surface area (Å²) >= 11 is 7.76. The SMILES string of the molecule is CN(Cc1csc(-c2ncccn2)n1)Cc1ccccc1Cl. The number of hydrogen-bond acceptors (Lipinski definition) is 5. The third kappa shape index (κ3) is 3.68. The Bertz CT molecular complexity index is 745. The molecule has 0 radical (unpaired) electrons. The molecule has 0 fully saturated rings. The molecule has 2 aromatic heterocycles. The number of benzene rings is 1. The van der Waals surface area contributed by atoms with Crippen LogP contribution in [0.15, 0.2) is 48.1 Å². The molecule has 0 saturated carbocycles. The van der Waals surface area contributed by atoms with Crippen LogP contribution in [-0.2, 0) is 13.1 Å². The van der Waals surface area contributed by atoms with Crippen LogP contribution in [0.4, 0.5) is 0 Å². The summed E-state index contributed by atoms with van der Waals surface area (Å²) in [5.41, 5.74) is 2.13. The van der Waals surface area contributed by atoms with Crippen LogP contribution in [0.2, 0.25) is 5.02 Å². The average molecular weight is 331 g/mol. The molecule has 4 nitrogen and oxygen atoms in total. The minimum Gasteiger partial charge on any atom is -0.296 e. The Morgan fingerprint density at radius 1 is 1.09 bits per heavy atom. The Hall–Kier alpha value is -1.82. The van der Waals surface area contributed by atoms with Crippen molar-refractivity contribution in [2.24, 2.45) is 0 Å². The smallest absolute Gasteiger partial charge is 0.188 e. The summed E-state index contributed by atoms with van der Waals surface area (Å²) in [5, 5.41) is 3.70. The maximum Gasteiger partial charge on any atom is 0.188 e. The van der Waals surface area contributed by atoms with E-state index in [-0.39, 0.29) is 0 Å². The lowest BCUT2D eigenvalue weighted by Crippen LogP contribution is -2.17. The molecule has 3 aromatic rings. The molecule has 22 heavy (non-hydrogen) atoms. The molecule has 0 unspecified atom stereocenters. The van der Waals surface area contributed by atoms with Crippen molar-refractivity contribution >= 4 is 22.9 Å². The Morgan fingerprint density at radius 2 is 1.86 bits per heavy atom. The number of thiazole rings is 1. The van der Waals surface area contributed by atoms with Crippen molar-refractivity contribution < 1.29 is 0 Å². The predicted molar refractivity (Wildman–Crippen MR) is 89.8 cm³/mol. The number of halogens is 1. The topological polar surface area (TPSA) is 41.9 Å². The minimum atomic E-state index is 0.674. The predicted octanol–water partition coefficient (Wildman–Crippen LogP) is 3.89. The summed E-state index contributed by atoms with van der Waals surface area (Å²) in [6.07, 6.45) is 3.46. The van der Waals surface area contributed by atoms with Crippen LogP contribution in [0.1, 0.15) is 11.3 Å². The van der Waals surface area contributed by atoms with Gasteiger partial charge in [0, 0.05) is 35.9 Å². The van der Waals surface area contributed by atoms with Gasteiger partial charge in [0.25, 0.3) is 0 Å². The highest BCUT2D eigenvalue weighted by molar-refractivity contribution is 7.13. The van der Waals surface area contributed by atoms with Crippen LogP contribution in [-0.4, -0.2) is 26.9 Å². The lowest BCUT2D eigenvalue weighted by atomic mass is 10.2. The zero-order valence-electron chi connectivity index (χ0n) is 12.1. The molecule has 0 N–H and O–H groups in total. The summed E-state index contributed by atoms with van der Waals surface area (Å²) in [6.45, 7) is 1.54. The maximum atomic E-state index is 6.20. The van der Waals surface area contributed by atoms with Crippen LogP contribution in [0, 0.1) is 0 Å². The van der Waals surface area contributed by atoms with Crippen LogP contribution >= 0.6 is 22.9 Å². The summed E-state index contributed by atoms with van der Waals surface area (Å²) < 4.78 is 0. The summed E-state index contributed by atoms with van der Waals surface area (Å²) in [6, 6.07) is 9.71. The zero-order chi connectivity index (χ0) is 15.4. The van der Waals surface area contributed by atoms with Gasteiger partial charge in [0.2, 0.25) is 0 Å². The molecule has 0 aliphatic heterocycles. The van der Waals surface area contributed by atoms with Crippen LogP contribution in [0.25, 0.3) is 10.8 Å². The molecule has 0 amide bonds. The van der Waals surface area contributed by atoms with E-state index in [0.29, 0.717) is 5.82 Å². The number of nitrogens with zero attached hydrogens (tertiary/aromatic N) is 4. The zero-order valence-corrected chi connectivity index (χ0v) is 13.7. The first-order valence-corrected chi connectivity index (χ1v) is 8.12. The molecule has 0 atom stereocenters. The van der Waals surface area contributed by atoms with Gasteiger partial charge < -0.3 is 0 Å². The van der Waals surface area contributed by atoms with Gasteiger partial charge in [-0.1, -0.05) is 29.8 Å². The fourth-order valence-electron chi connectivity index (χ4n) is 2.14. The number of hydrogen-bond donors (Lipinski definition) is 0.